The van der Waals surface area contributed by atoms with Gasteiger partial charge in [-0.2, -0.15) is 13.2 Å². The number of nitrogens with zero attached hydrogens (tertiary/aromatic N) is 1. The van der Waals surface area contributed by atoms with Gasteiger partial charge in [-0.15, -0.1) is 0 Å². The second-order valence-corrected chi connectivity index (χ2v) is 5.22. The van der Waals surface area contributed by atoms with Gasteiger partial charge in [0.05, 0.1) is 17.8 Å². The van der Waals surface area contributed by atoms with Crippen LogP contribution in [0, 0.1) is 6.92 Å². The Kier molecular flexibility index (Phi) is 4.32. The number of hydrogen-bond donors (Lipinski definition) is 1. The van der Waals surface area contributed by atoms with Crippen LogP contribution in [-0.4, -0.2) is 4.98 Å². The van der Waals surface area contributed by atoms with Gasteiger partial charge in [-0.05, 0) is 36.8 Å². The molecule has 0 aliphatic heterocycles. The van der Waals surface area contributed by atoms with E-state index in [1.54, 1.807) is 18.3 Å². The van der Waals surface area contributed by atoms with Crippen molar-refractivity contribution in [1.82, 2.24) is 4.98 Å². The fourth-order valence-corrected chi connectivity index (χ4v) is 2.15. The molecule has 0 aliphatic rings. The third kappa shape index (κ3) is 3.50. The van der Waals surface area contributed by atoms with Crippen LogP contribution < -0.4 is 5.32 Å². The van der Waals surface area contributed by atoms with Crippen LogP contribution in [0.5, 0.6) is 0 Å². The summed E-state index contributed by atoms with van der Waals surface area (Å²) >= 11 is 3.06. The molecule has 0 aliphatic carbocycles. The van der Waals surface area contributed by atoms with Gasteiger partial charge >= 0.3 is 6.18 Å². The molecule has 0 saturated carbocycles. The van der Waals surface area contributed by atoms with E-state index in [1.807, 2.05) is 13.0 Å². The lowest BCUT2D eigenvalue weighted by Crippen LogP contribution is -2.11. The molecule has 6 heteroatoms. The van der Waals surface area contributed by atoms with Crippen molar-refractivity contribution in [1.29, 1.82) is 0 Å². The first-order chi connectivity index (χ1) is 9.38. The first-order valence-electron chi connectivity index (χ1n) is 5.89. The van der Waals surface area contributed by atoms with Gasteiger partial charge in [0, 0.05) is 16.4 Å². The van der Waals surface area contributed by atoms with E-state index in [4.69, 9.17) is 0 Å². The molecule has 1 aromatic heterocycles. The lowest BCUT2D eigenvalue weighted by atomic mass is 10.1. The highest BCUT2D eigenvalue weighted by atomic mass is 79.9. The fraction of sp³-hybridized carbons (Fsp3) is 0.214. The Morgan fingerprint density at radius 3 is 2.65 bits per heavy atom. The molecule has 0 spiro atoms. The highest BCUT2D eigenvalue weighted by molar-refractivity contribution is 9.10. The van der Waals surface area contributed by atoms with Gasteiger partial charge < -0.3 is 5.32 Å². The summed E-state index contributed by atoms with van der Waals surface area (Å²) in [5.41, 5.74) is 1.01. The molecule has 2 rings (SSSR count). The van der Waals surface area contributed by atoms with Gasteiger partial charge in [-0.3, -0.25) is 4.98 Å². The van der Waals surface area contributed by atoms with E-state index >= 15 is 0 Å². The number of hydrogen-bond acceptors (Lipinski definition) is 2. The number of anilines is 1. The van der Waals surface area contributed by atoms with Crippen molar-refractivity contribution < 1.29 is 13.2 Å². The topological polar surface area (TPSA) is 24.9 Å². The van der Waals surface area contributed by atoms with E-state index in [1.165, 1.54) is 6.07 Å². The summed E-state index contributed by atoms with van der Waals surface area (Å²) in [6.07, 6.45) is -2.78. The maximum Gasteiger partial charge on any atom is 0.418 e. The highest BCUT2D eigenvalue weighted by Crippen LogP contribution is 2.36. The first kappa shape index (κ1) is 14.8. The molecule has 106 valence electrons. The van der Waals surface area contributed by atoms with E-state index in [0.717, 1.165) is 17.3 Å². The Labute approximate surface area is 123 Å². The zero-order valence-corrected chi connectivity index (χ0v) is 12.2. The van der Waals surface area contributed by atoms with Crippen LogP contribution in [0.2, 0.25) is 0 Å². The van der Waals surface area contributed by atoms with Crippen molar-refractivity contribution in [3.05, 3.63) is 57.8 Å². The second kappa shape index (κ2) is 5.83. The molecule has 2 nitrogen and oxygen atoms in total. The molecule has 20 heavy (non-hydrogen) atoms. The van der Waals surface area contributed by atoms with Crippen LogP contribution in [0.4, 0.5) is 18.9 Å². The molecule has 0 saturated heterocycles. The van der Waals surface area contributed by atoms with Gasteiger partial charge in [0.25, 0.3) is 0 Å². The summed E-state index contributed by atoms with van der Waals surface area (Å²) in [5, 5.41) is 2.80. The molecule has 0 amide bonds. The van der Waals surface area contributed by atoms with Crippen LogP contribution >= 0.6 is 15.9 Å². The Morgan fingerprint density at radius 2 is 2.00 bits per heavy atom. The van der Waals surface area contributed by atoms with E-state index in [2.05, 4.69) is 26.2 Å². The number of halogens is 4. The predicted molar refractivity (Wildman–Crippen MR) is 75.4 cm³/mol. The lowest BCUT2D eigenvalue weighted by molar-refractivity contribution is -0.137. The second-order valence-electron chi connectivity index (χ2n) is 4.31. The lowest BCUT2D eigenvalue weighted by Gasteiger charge is -2.15. The molecular formula is C14H12BrF3N2. The van der Waals surface area contributed by atoms with Crippen molar-refractivity contribution in [2.24, 2.45) is 0 Å². The number of nitrogens with one attached hydrogen (secondary N) is 1. The minimum absolute atomic E-state index is 0.0470. The number of pyridine rings is 1. The normalized spacial score (nSPS) is 11.4. The smallest absolute Gasteiger partial charge is 0.379 e. The fourth-order valence-electron chi connectivity index (χ4n) is 1.79. The number of alkyl halides is 3. The van der Waals surface area contributed by atoms with Crippen molar-refractivity contribution in [3.63, 3.8) is 0 Å². The van der Waals surface area contributed by atoms with Crippen LogP contribution in [-0.2, 0) is 12.7 Å². The number of benzene rings is 1. The van der Waals surface area contributed by atoms with Crippen LogP contribution in [0.1, 0.15) is 16.8 Å². The zero-order valence-electron chi connectivity index (χ0n) is 10.6. The quantitative estimate of drug-likeness (QED) is 0.866. The Bertz CT molecular complexity index is 612. The van der Waals surface area contributed by atoms with Gasteiger partial charge in [-0.25, -0.2) is 0 Å². The summed E-state index contributed by atoms with van der Waals surface area (Å²) < 4.78 is 39.3. The maximum atomic E-state index is 13.0. The van der Waals surface area contributed by atoms with Crippen molar-refractivity contribution in [2.75, 3.05) is 5.32 Å². The first-order valence-corrected chi connectivity index (χ1v) is 6.68. The number of aromatic nitrogens is 1. The summed E-state index contributed by atoms with van der Waals surface area (Å²) in [6, 6.07) is 7.71. The van der Waals surface area contributed by atoms with Gasteiger partial charge in [0.15, 0.2) is 0 Å². The van der Waals surface area contributed by atoms with Crippen LogP contribution in [0.25, 0.3) is 0 Å². The largest absolute Gasteiger partial charge is 0.418 e. The summed E-state index contributed by atoms with van der Waals surface area (Å²) in [4.78, 5) is 4.15. The molecule has 0 unspecified atom stereocenters. The minimum atomic E-state index is -4.40. The summed E-state index contributed by atoms with van der Waals surface area (Å²) in [7, 11) is 0. The van der Waals surface area contributed by atoms with E-state index in [-0.39, 0.29) is 12.2 Å². The molecule has 1 heterocycles. The SMILES string of the molecule is Cc1cccnc1CNc1ccc(Br)cc1C(F)(F)F. The van der Waals surface area contributed by atoms with Crippen LogP contribution in [0.15, 0.2) is 41.0 Å². The molecule has 2 aromatic rings. The average molecular weight is 345 g/mol. The van der Waals surface area contributed by atoms with E-state index < -0.39 is 11.7 Å². The highest BCUT2D eigenvalue weighted by Gasteiger charge is 2.33. The summed E-state index contributed by atoms with van der Waals surface area (Å²) in [5.74, 6) is 0. The van der Waals surface area contributed by atoms with E-state index in [9.17, 15) is 13.2 Å². The Balaban J connectivity index is 2.24. The third-order valence-corrected chi connectivity index (χ3v) is 3.34. The monoisotopic (exact) mass is 344 g/mol. The molecule has 0 radical (unpaired) electrons. The van der Waals surface area contributed by atoms with Crippen molar-refractivity contribution in [2.45, 2.75) is 19.6 Å². The predicted octanol–water partition coefficient (Wildman–Crippen LogP) is 4.78. The number of rotatable bonds is 3. The number of aryl methyl sites for hydroxylation is 1. The summed E-state index contributed by atoms with van der Waals surface area (Å²) in [6.45, 7) is 2.12. The van der Waals surface area contributed by atoms with Gasteiger partial charge in [0.1, 0.15) is 0 Å². The van der Waals surface area contributed by atoms with Crippen LogP contribution in [0.3, 0.4) is 0 Å². The van der Waals surface area contributed by atoms with E-state index in [0.29, 0.717) is 4.47 Å². The molecule has 0 fully saturated rings. The minimum Gasteiger partial charge on any atom is -0.379 e. The molecule has 1 N–H and O–H groups in total. The van der Waals surface area contributed by atoms with Gasteiger partial charge in [-0.1, -0.05) is 22.0 Å². The molecule has 1 aromatic carbocycles. The van der Waals surface area contributed by atoms with Crippen molar-refractivity contribution >= 4 is 21.6 Å². The Morgan fingerprint density at radius 1 is 1.25 bits per heavy atom. The molecule has 0 bridgehead atoms. The van der Waals surface area contributed by atoms with Gasteiger partial charge in [0.2, 0.25) is 0 Å². The third-order valence-electron chi connectivity index (χ3n) is 2.85. The Hall–Kier alpha value is -1.56. The zero-order chi connectivity index (χ0) is 14.8. The maximum absolute atomic E-state index is 13.0. The molecular weight excluding hydrogens is 333 g/mol. The standard InChI is InChI=1S/C14H12BrF3N2/c1-9-3-2-6-19-13(9)8-20-12-5-4-10(15)7-11(12)14(16,17)18/h2-7,20H,8H2,1H3. The average Bonchev–Trinajstić information content (AvgIpc) is 2.38. The van der Waals surface area contributed by atoms with Crippen molar-refractivity contribution in [3.8, 4) is 0 Å². The molecule has 0 atom stereocenters.